The highest BCUT2D eigenvalue weighted by atomic mass is 35.5. The molecule has 41 heavy (non-hydrogen) atoms. The van der Waals surface area contributed by atoms with Crippen LogP contribution < -0.4 is 16.6 Å². The summed E-state index contributed by atoms with van der Waals surface area (Å²) in [5, 5.41) is 3.97. The van der Waals surface area contributed by atoms with E-state index in [9.17, 15) is 9.18 Å². The van der Waals surface area contributed by atoms with E-state index in [1.165, 1.54) is 18.5 Å². The Morgan fingerprint density at radius 2 is 1.95 bits per heavy atom. The van der Waals surface area contributed by atoms with Crippen LogP contribution in [0.4, 0.5) is 16.0 Å². The number of nitrogens with one attached hydrogen (secondary N) is 1. The smallest absolute Gasteiger partial charge is 0.267 e. The highest BCUT2D eigenvalue weighted by molar-refractivity contribution is 6.35. The summed E-state index contributed by atoms with van der Waals surface area (Å²) < 4.78 is 14.8. The van der Waals surface area contributed by atoms with Crippen LogP contribution in [-0.2, 0) is 0 Å². The lowest BCUT2D eigenvalue weighted by Gasteiger charge is -2.22. The lowest BCUT2D eigenvalue weighted by molar-refractivity contribution is 0.621. The molecule has 0 saturated carbocycles. The summed E-state index contributed by atoms with van der Waals surface area (Å²) in [6.07, 6.45) is 6.90. The molecular weight excluding hydrogens is 541 g/mol. The van der Waals surface area contributed by atoms with Crippen LogP contribution in [0.3, 0.4) is 0 Å². The van der Waals surface area contributed by atoms with Crippen LogP contribution >= 0.6 is 11.6 Å². The van der Waals surface area contributed by atoms with E-state index in [2.05, 4.69) is 32.1 Å². The standard InChI is InChI=1S/C29H27ClFN7O.C2H6/c1-5-17(3)14-21(6-2)38-28(37-24-9-7-8-23(30)25(24)29(38)39)18(4)36-27-22(26(32)34-16-35-27)13-12-20-11-10-19(31)15-33-20;1-2/h5,7-11,14-16,18H,6H2,1-4H3,(H3,32,34,35,36);1-2H3/b17-5-,21-14+;. The van der Waals surface area contributed by atoms with Gasteiger partial charge in [0.1, 0.15) is 40.9 Å². The van der Waals surface area contributed by atoms with Crippen molar-refractivity contribution in [1.29, 1.82) is 0 Å². The summed E-state index contributed by atoms with van der Waals surface area (Å²) in [6, 6.07) is 7.41. The Hall–Kier alpha value is -4.55. The van der Waals surface area contributed by atoms with E-state index < -0.39 is 11.9 Å². The van der Waals surface area contributed by atoms with E-state index in [1.807, 2.05) is 53.7 Å². The van der Waals surface area contributed by atoms with Gasteiger partial charge in [0, 0.05) is 5.70 Å². The fourth-order valence-corrected chi connectivity index (χ4v) is 4.17. The van der Waals surface area contributed by atoms with Crippen molar-refractivity contribution < 1.29 is 4.39 Å². The molecule has 1 atom stereocenters. The monoisotopic (exact) mass is 573 g/mol. The summed E-state index contributed by atoms with van der Waals surface area (Å²) in [5.74, 6) is 6.30. The molecule has 0 aliphatic rings. The summed E-state index contributed by atoms with van der Waals surface area (Å²) in [4.78, 5) is 31.1. The van der Waals surface area contributed by atoms with E-state index in [-0.39, 0.29) is 11.4 Å². The Bertz CT molecular complexity index is 1720. The topological polar surface area (TPSA) is 112 Å². The summed E-state index contributed by atoms with van der Waals surface area (Å²) in [7, 11) is 0. The van der Waals surface area contributed by atoms with Crippen LogP contribution in [0.2, 0.25) is 5.02 Å². The maximum atomic E-state index is 13.9. The molecule has 3 N–H and O–H groups in total. The zero-order chi connectivity index (χ0) is 30.1. The van der Waals surface area contributed by atoms with Crippen LogP contribution in [0.15, 0.2) is 65.4 Å². The van der Waals surface area contributed by atoms with Crippen LogP contribution in [0.5, 0.6) is 0 Å². The molecule has 0 radical (unpaired) electrons. The van der Waals surface area contributed by atoms with Crippen molar-refractivity contribution in [3.63, 3.8) is 0 Å². The third-order valence-corrected chi connectivity index (χ3v) is 6.35. The lowest BCUT2D eigenvalue weighted by atomic mass is 10.1. The SMILES string of the molecule is C/C=C(C)\C=C(/CC)n1c(C(C)Nc2ncnc(N)c2C#Cc2ccc(F)cn2)nc2cccc(Cl)c2c1=O.CC. The van der Waals surface area contributed by atoms with E-state index in [4.69, 9.17) is 22.3 Å². The van der Waals surface area contributed by atoms with Crippen molar-refractivity contribution in [3.8, 4) is 11.8 Å². The minimum atomic E-state index is -0.513. The van der Waals surface area contributed by atoms with E-state index in [1.54, 1.807) is 22.8 Å². The number of anilines is 2. The number of hydrogen-bond acceptors (Lipinski definition) is 7. The number of nitrogens with two attached hydrogens (primary N) is 1. The van der Waals surface area contributed by atoms with Crippen LogP contribution in [0.25, 0.3) is 16.6 Å². The van der Waals surface area contributed by atoms with Gasteiger partial charge in [-0.25, -0.2) is 24.3 Å². The summed E-state index contributed by atoms with van der Waals surface area (Å²) in [5.41, 5.74) is 8.81. The van der Waals surface area contributed by atoms with Crippen molar-refractivity contribution in [2.75, 3.05) is 11.1 Å². The number of nitrogens with zero attached hydrogens (tertiary/aromatic N) is 5. The second-order valence-electron chi connectivity index (χ2n) is 8.73. The molecule has 4 aromatic rings. The molecule has 10 heteroatoms. The van der Waals surface area contributed by atoms with E-state index in [0.29, 0.717) is 45.2 Å². The predicted octanol–water partition coefficient (Wildman–Crippen LogP) is 6.77. The number of pyridine rings is 1. The number of allylic oxidation sites excluding steroid dienone is 4. The van der Waals surface area contributed by atoms with Crippen molar-refractivity contribution >= 4 is 39.8 Å². The third-order valence-electron chi connectivity index (χ3n) is 6.03. The largest absolute Gasteiger partial charge is 0.382 e. The molecular formula is C31H33ClFN7O. The number of benzene rings is 1. The molecule has 3 aromatic heterocycles. The summed E-state index contributed by atoms with van der Waals surface area (Å²) in [6.45, 7) is 11.7. The van der Waals surface area contributed by atoms with Gasteiger partial charge in [0.2, 0.25) is 0 Å². The first-order valence-electron chi connectivity index (χ1n) is 13.3. The Balaban J connectivity index is 0.00000226. The number of aromatic nitrogens is 5. The second-order valence-corrected chi connectivity index (χ2v) is 9.13. The Kier molecular flexibility index (Phi) is 10.7. The minimum absolute atomic E-state index is 0.155. The number of rotatable bonds is 6. The first kappa shape index (κ1) is 31.0. The fraction of sp³-hybridized carbons (Fsp3) is 0.258. The lowest BCUT2D eigenvalue weighted by Crippen LogP contribution is -2.28. The highest BCUT2D eigenvalue weighted by Crippen LogP contribution is 2.27. The van der Waals surface area contributed by atoms with Crippen LogP contribution in [0, 0.1) is 17.7 Å². The third kappa shape index (κ3) is 7.16. The van der Waals surface area contributed by atoms with Crippen molar-refractivity contribution in [3.05, 3.63) is 98.9 Å². The zero-order valence-corrected chi connectivity index (χ0v) is 24.7. The minimum Gasteiger partial charge on any atom is -0.382 e. The van der Waals surface area contributed by atoms with Gasteiger partial charge in [0.15, 0.2) is 0 Å². The van der Waals surface area contributed by atoms with Gasteiger partial charge < -0.3 is 11.1 Å². The molecule has 4 rings (SSSR count). The van der Waals surface area contributed by atoms with Gasteiger partial charge in [0.05, 0.1) is 28.2 Å². The first-order valence-corrected chi connectivity index (χ1v) is 13.7. The molecule has 1 aromatic carbocycles. The van der Waals surface area contributed by atoms with Gasteiger partial charge in [-0.15, -0.1) is 0 Å². The highest BCUT2D eigenvalue weighted by Gasteiger charge is 2.21. The van der Waals surface area contributed by atoms with Gasteiger partial charge in [0.25, 0.3) is 5.56 Å². The number of halogens is 2. The van der Waals surface area contributed by atoms with Crippen LogP contribution in [-0.4, -0.2) is 24.5 Å². The molecule has 0 aliphatic heterocycles. The summed E-state index contributed by atoms with van der Waals surface area (Å²) >= 11 is 6.44. The molecule has 8 nitrogen and oxygen atoms in total. The average molecular weight is 574 g/mol. The van der Waals surface area contributed by atoms with Gasteiger partial charge in [-0.05, 0) is 63.5 Å². The fourth-order valence-electron chi connectivity index (χ4n) is 3.92. The van der Waals surface area contributed by atoms with Gasteiger partial charge in [-0.3, -0.25) is 9.36 Å². The normalized spacial score (nSPS) is 12.2. The number of hydrogen-bond donors (Lipinski definition) is 2. The predicted molar refractivity (Wildman–Crippen MR) is 165 cm³/mol. The quantitative estimate of drug-likeness (QED) is 0.193. The molecule has 0 bridgehead atoms. The number of nitrogen functional groups attached to an aromatic ring is 1. The van der Waals surface area contributed by atoms with Crippen molar-refractivity contribution in [2.24, 2.45) is 0 Å². The van der Waals surface area contributed by atoms with Gasteiger partial charge in [-0.1, -0.05) is 56.0 Å². The maximum Gasteiger partial charge on any atom is 0.267 e. The molecule has 0 saturated heterocycles. The Morgan fingerprint density at radius 1 is 1.20 bits per heavy atom. The maximum absolute atomic E-state index is 13.9. The first-order chi connectivity index (χ1) is 19.7. The second kappa shape index (κ2) is 14.2. The van der Waals surface area contributed by atoms with Gasteiger partial charge in [-0.2, -0.15) is 0 Å². The molecule has 0 spiro atoms. The Labute approximate surface area is 244 Å². The molecule has 0 amide bonds. The molecule has 3 heterocycles. The number of fused-ring (bicyclic) bond motifs is 1. The van der Waals surface area contributed by atoms with Crippen molar-refractivity contribution in [1.82, 2.24) is 24.5 Å². The van der Waals surface area contributed by atoms with Gasteiger partial charge >= 0.3 is 0 Å². The zero-order valence-electron chi connectivity index (χ0n) is 24.0. The molecule has 0 aliphatic carbocycles. The molecule has 212 valence electrons. The Morgan fingerprint density at radius 3 is 2.61 bits per heavy atom. The molecule has 1 unspecified atom stereocenters. The average Bonchev–Trinajstić information content (AvgIpc) is 2.97. The molecule has 0 fully saturated rings. The van der Waals surface area contributed by atoms with E-state index >= 15 is 0 Å². The van der Waals surface area contributed by atoms with E-state index in [0.717, 1.165) is 17.5 Å². The van der Waals surface area contributed by atoms with Crippen molar-refractivity contribution in [2.45, 2.75) is 54.0 Å². The van der Waals surface area contributed by atoms with Crippen LogP contribution in [0.1, 0.15) is 71.1 Å².